The first-order valence-electron chi connectivity index (χ1n) is 8.88. The molecule has 1 rings (SSSR count). The first kappa shape index (κ1) is 19.3. The molecule has 0 radical (unpaired) electrons. The van der Waals surface area contributed by atoms with Gasteiger partial charge in [-0.2, -0.15) is 12.6 Å². The molecule has 1 aliphatic carbocycles. The van der Waals surface area contributed by atoms with Gasteiger partial charge in [-0.15, -0.1) is 0 Å². The minimum Gasteiger partial charge on any atom is -0.481 e. The smallest absolute Gasteiger partial charge is 0.313 e. The fraction of sp³-hybridized carbons (Fsp3) is 0.737. The molecule has 126 valence electrons. The van der Waals surface area contributed by atoms with Gasteiger partial charge in [0, 0.05) is 0 Å². The summed E-state index contributed by atoms with van der Waals surface area (Å²) in [5, 5.41) is 9.84. The lowest BCUT2D eigenvalue weighted by Gasteiger charge is -2.31. The topological polar surface area (TPSA) is 37.3 Å². The molecule has 3 heteroatoms. The summed E-state index contributed by atoms with van der Waals surface area (Å²) in [6.45, 7) is 2.09. The van der Waals surface area contributed by atoms with E-state index in [2.05, 4.69) is 25.6 Å². The van der Waals surface area contributed by atoms with E-state index in [-0.39, 0.29) is 0 Å². The number of carboxylic acid groups (broad SMARTS) is 1. The van der Waals surface area contributed by atoms with Gasteiger partial charge in [0.2, 0.25) is 0 Å². The Morgan fingerprint density at radius 3 is 2.27 bits per heavy atom. The lowest BCUT2D eigenvalue weighted by atomic mass is 9.72. The van der Waals surface area contributed by atoms with Gasteiger partial charge in [0.25, 0.3) is 0 Å². The number of rotatable bonds is 13. The van der Waals surface area contributed by atoms with Crippen LogP contribution in [-0.4, -0.2) is 16.8 Å². The Kier molecular flexibility index (Phi) is 9.61. The predicted octanol–water partition coefficient (Wildman–Crippen LogP) is 5.79. The minimum absolute atomic E-state index is 0.621. The molecule has 0 bridgehead atoms. The normalized spacial score (nSPS) is 16.5. The van der Waals surface area contributed by atoms with Crippen LogP contribution in [-0.2, 0) is 4.79 Å². The summed E-state index contributed by atoms with van der Waals surface area (Å²) >= 11 is 4.23. The molecule has 1 unspecified atom stereocenters. The summed E-state index contributed by atoms with van der Waals surface area (Å²) in [5.41, 5.74) is 0.486. The van der Waals surface area contributed by atoms with Crippen molar-refractivity contribution in [1.29, 1.82) is 0 Å². The van der Waals surface area contributed by atoms with Gasteiger partial charge in [-0.25, -0.2) is 0 Å². The number of carboxylic acids is 1. The monoisotopic (exact) mass is 324 g/mol. The molecule has 0 heterocycles. The van der Waals surface area contributed by atoms with Crippen LogP contribution < -0.4 is 0 Å². The van der Waals surface area contributed by atoms with E-state index in [0.29, 0.717) is 0 Å². The molecule has 0 aliphatic heterocycles. The van der Waals surface area contributed by atoms with E-state index in [9.17, 15) is 9.90 Å². The number of aliphatic carboxylic acids is 1. The third kappa shape index (κ3) is 5.83. The summed E-state index contributed by atoms with van der Waals surface area (Å²) in [6.07, 6.45) is 17.8. The fourth-order valence-corrected chi connectivity index (χ4v) is 3.67. The highest BCUT2D eigenvalue weighted by molar-refractivity contribution is 7.80. The Bertz CT molecular complexity index is 387. The maximum absolute atomic E-state index is 12.0. The number of unbranched alkanes of at least 4 members (excludes halogenated alkanes) is 6. The van der Waals surface area contributed by atoms with Crippen LogP contribution in [0.4, 0.5) is 0 Å². The second kappa shape index (κ2) is 10.9. The van der Waals surface area contributed by atoms with E-state index >= 15 is 0 Å². The summed E-state index contributed by atoms with van der Waals surface area (Å²) in [6, 6.07) is 0. The zero-order chi connectivity index (χ0) is 16.3. The van der Waals surface area contributed by atoms with Gasteiger partial charge >= 0.3 is 5.97 Å². The number of allylic oxidation sites excluding steroid dienone is 3. The molecule has 0 aromatic rings. The van der Waals surface area contributed by atoms with Crippen LogP contribution in [0.3, 0.4) is 0 Å². The summed E-state index contributed by atoms with van der Waals surface area (Å²) < 4.78 is 0. The first-order valence-corrected chi connectivity index (χ1v) is 9.51. The van der Waals surface area contributed by atoms with Gasteiger partial charge < -0.3 is 5.11 Å². The second-order valence-electron chi connectivity index (χ2n) is 6.41. The highest BCUT2D eigenvalue weighted by Gasteiger charge is 2.40. The third-order valence-corrected chi connectivity index (χ3v) is 5.05. The molecule has 0 saturated carbocycles. The molecular formula is C19H32O2S. The average molecular weight is 325 g/mol. The molecule has 0 saturated heterocycles. The van der Waals surface area contributed by atoms with Crippen molar-refractivity contribution >= 4 is 18.6 Å². The van der Waals surface area contributed by atoms with Gasteiger partial charge in [-0.05, 0) is 37.0 Å². The Morgan fingerprint density at radius 2 is 1.77 bits per heavy atom. The van der Waals surface area contributed by atoms with E-state index in [1.807, 2.05) is 12.2 Å². The highest BCUT2D eigenvalue weighted by atomic mass is 32.1. The van der Waals surface area contributed by atoms with Crippen molar-refractivity contribution in [2.24, 2.45) is 5.41 Å². The molecule has 0 fully saturated rings. The Labute approximate surface area is 141 Å². The zero-order valence-electron chi connectivity index (χ0n) is 14.0. The second-order valence-corrected chi connectivity index (χ2v) is 6.86. The van der Waals surface area contributed by atoms with Crippen molar-refractivity contribution in [1.82, 2.24) is 0 Å². The molecule has 0 spiro atoms. The number of thiol groups is 1. The summed E-state index contributed by atoms with van der Waals surface area (Å²) in [5.74, 6) is 0.361. The molecule has 1 atom stereocenters. The molecular weight excluding hydrogens is 292 g/mol. The van der Waals surface area contributed by atoms with Crippen LogP contribution in [0.1, 0.15) is 77.6 Å². The minimum atomic E-state index is -0.627. The summed E-state index contributed by atoms with van der Waals surface area (Å²) in [7, 11) is 0. The van der Waals surface area contributed by atoms with Crippen molar-refractivity contribution in [3.63, 3.8) is 0 Å². The number of hydrogen-bond donors (Lipinski definition) is 2. The van der Waals surface area contributed by atoms with E-state index in [0.717, 1.165) is 49.9 Å². The van der Waals surface area contributed by atoms with Crippen LogP contribution in [0.25, 0.3) is 0 Å². The van der Waals surface area contributed by atoms with Gasteiger partial charge in [-0.1, -0.05) is 70.1 Å². The van der Waals surface area contributed by atoms with Crippen LogP contribution >= 0.6 is 12.6 Å². The van der Waals surface area contributed by atoms with Gasteiger partial charge in [0.05, 0.1) is 5.41 Å². The quantitative estimate of drug-likeness (QED) is 0.332. The van der Waals surface area contributed by atoms with Gasteiger partial charge in [0.15, 0.2) is 0 Å². The van der Waals surface area contributed by atoms with Crippen LogP contribution in [0.2, 0.25) is 0 Å². The van der Waals surface area contributed by atoms with Crippen molar-refractivity contribution < 1.29 is 9.90 Å². The summed E-state index contributed by atoms with van der Waals surface area (Å²) in [4.78, 5) is 12.0. The van der Waals surface area contributed by atoms with Crippen molar-refractivity contribution in [3.05, 3.63) is 23.8 Å². The Hall–Kier alpha value is -0.700. The molecule has 1 N–H and O–H groups in total. The predicted molar refractivity (Wildman–Crippen MR) is 97.6 cm³/mol. The lowest BCUT2D eigenvalue weighted by molar-refractivity contribution is -0.147. The van der Waals surface area contributed by atoms with E-state index in [1.54, 1.807) is 0 Å². The van der Waals surface area contributed by atoms with Crippen molar-refractivity contribution in [2.75, 3.05) is 5.75 Å². The molecule has 0 aromatic carbocycles. The van der Waals surface area contributed by atoms with Crippen LogP contribution in [0.5, 0.6) is 0 Å². The average Bonchev–Trinajstić information content (AvgIpc) is 3.03. The van der Waals surface area contributed by atoms with E-state index in [4.69, 9.17) is 0 Å². The maximum Gasteiger partial charge on any atom is 0.313 e. The van der Waals surface area contributed by atoms with Crippen molar-refractivity contribution in [3.8, 4) is 0 Å². The Morgan fingerprint density at radius 1 is 1.14 bits per heavy atom. The van der Waals surface area contributed by atoms with Crippen molar-refractivity contribution in [2.45, 2.75) is 77.6 Å². The Balaban J connectivity index is 2.40. The van der Waals surface area contributed by atoms with E-state index in [1.165, 1.54) is 32.1 Å². The maximum atomic E-state index is 12.0. The molecule has 22 heavy (non-hydrogen) atoms. The van der Waals surface area contributed by atoms with Gasteiger partial charge in [0.1, 0.15) is 0 Å². The third-order valence-electron chi connectivity index (χ3n) is 4.73. The highest BCUT2D eigenvalue weighted by Crippen LogP contribution is 2.42. The fourth-order valence-electron chi connectivity index (χ4n) is 3.45. The van der Waals surface area contributed by atoms with E-state index < -0.39 is 11.4 Å². The van der Waals surface area contributed by atoms with Crippen LogP contribution in [0.15, 0.2) is 23.8 Å². The molecule has 1 aliphatic rings. The van der Waals surface area contributed by atoms with Crippen LogP contribution in [0, 0.1) is 5.41 Å². The number of carbonyl (C=O) groups is 1. The SMILES string of the molecule is CCCC(CCCCCCCCCS)(C(=O)O)C1=CC=CC1. The zero-order valence-corrected chi connectivity index (χ0v) is 14.9. The number of hydrogen-bond acceptors (Lipinski definition) is 2. The molecule has 0 amide bonds. The first-order chi connectivity index (χ1) is 10.7. The standard InChI is InChI=1S/C19H32O2S/c1-2-14-19(18(20)21,17-12-8-9-13-17)15-10-6-4-3-5-7-11-16-22/h8-9,12,22H,2-7,10-11,13-16H2,1H3,(H,20,21). The lowest BCUT2D eigenvalue weighted by Crippen LogP contribution is -2.33. The molecule has 2 nitrogen and oxygen atoms in total. The molecule has 0 aromatic heterocycles. The van der Waals surface area contributed by atoms with Gasteiger partial charge in [-0.3, -0.25) is 4.79 Å². The largest absolute Gasteiger partial charge is 0.481 e.